The quantitative estimate of drug-likeness (QED) is 0.784. The molecule has 0 unspecified atom stereocenters. The lowest BCUT2D eigenvalue weighted by atomic mass is 9.79. The van der Waals surface area contributed by atoms with E-state index in [0.29, 0.717) is 0 Å². The van der Waals surface area contributed by atoms with Crippen molar-refractivity contribution in [2.75, 3.05) is 11.4 Å². The van der Waals surface area contributed by atoms with E-state index < -0.39 is 0 Å². The van der Waals surface area contributed by atoms with Crippen LogP contribution in [0.1, 0.15) is 47.0 Å². The summed E-state index contributed by atoms with van der Waals surface area (Å²) in [7, 11) is -0.255. The third-order valence-corrected chi connectivity index (χ3v) is 6.16. The summed E-state index contributed by atoms with van der Waals surface area (Å²) in [6.07, 6.45) is 4.18. The predicted octanol–water partition coefficient (Wildman–Crippen LogP) is 2.97. The lowest BCUT2D eigenvalue weighted by molar-refractivity contribution is 0.00578. The molecule has 22 heavy (non-hydrogen) atoms. The summed E-state index contributed by atoms with van der Waals surface area (Å²) in [5.41, 5.74) is 1.92. The first-order chi connectivity index (χ1) is 10.4. The maximum Gasteiger partial charge on any atom is 0.494 e. The molecule has 2 saturated heterocycles. The first-order valence-corrected chi connectivity index (χ1v) is 8.58. The summed E-state index contributed by atoms with van der Waals surface area (Å²) in [6, 6.07) is 9.59. The van der Waals surface area contributed by atoms with E-state index in [1.165, 1.54) is 31.5 Å². The minimum atomic E-state index is -0.273. The van der Waals surface area contributed by atoms with Crippen LogP contribution in [0.4, 0.5) is 5.69 Å². The molecule has 3 nitrogen and oxygen atoms in total. The van der Waals surface area contributed by atoms with Crippen LogP contribution in [0.5, 0.6) is 0 Å². The highest BCUT2D eigenvalue weighted by atomic mass is 16.7. The average Bonchev–Trinajstić information content (AvgIpc) is 3.13. The van der Waals surface area contributed by atoms with Crippen molar-refractivity contribution >= 4 is 18.3 Å². The van der Waals surface area contributed by atoms with Crippen molar-refractivity contribution in [1.82, 2.24) is 0 Å². The molecule has 3 fully saturated rings. The second-order valence-corrected chi connectivity index (χ2v) is 8.17. The lowest BCUT2D eigenvalue weighted by Gasteiger charge is -2.32. The Balaban J connectivity index is 1.51. The first kappa shape index (κ1) is 14.6. The summed E-state index contributed by atoms with van der Waals surface area (Å²) >= 11 is 0. The average molecular weight is 299 g/mol. The monoisotopic (exact) mass is 299 g/mol. The van der Waals surface area contributed by atoms with E-state index in [2.05, 4.69) is 56.9 Å². The highest BCUT2D eigenvalue weighted by Gasteiger charge is 2.51. The van der Waals surface area contributed by atoms with E-state index in [-0.39, 0.29) is 18.3 Å². The highest BCUT2D eigenvalue weighted by Crippen LogP contribution is 2.40. The fourth-order valence-electron chi connectivity index (χ4n) is 4.04. The zero-order valence-electron chi connectivity index (χ0n) is 14.1. The van der Waals surface area contributed by atoms with Gasteiger partial charge >= 0.3 is 7.12 Å². The van der Waals surface area contributed by atoms with Gasteiger partial charge in [0, 0.05) is 18.3 Å². The molecule has 1 aromatic carbocycles. The Labute approximate surface area is 134 Å². The number of nitrogens with zero attached hydrogens (tertiary/aromatic N) is 1. The van der Waals surface area contributed by atoms with Gasteiger partial charge in [0.2, 0.25) is 0 Å². The van der Waals surface area contributed by atoms with Gasteiger partial charge in [-0.15, -0.1) is 0 Å². The molecule has 2 bridgehead atoms. The zero-order valence-corrected chi connectivity index (χ0v) is 14.1. The van der Waals surface area contributed by atoms with Crippen LogP contribution in [0.2, 0.25) is 0 Å². The van der Waals surface area contributed by atoms with Gasteiger partial charge in [0.15, 0.2) is 0 Å². The Hall–Kier alpha value is -0.995. The fraction of sp³-hybridized carbons (Fsp3) is 0.667. The smallest absolute Gasteiger partial charge is 0.399 e. The summed E-state index contributed by atoms with van der Waals surface area (Å²) in [4.78, 5) is 2.59. The van der Waals surface area contributed by atoms with Crippen molar-refractivity contribution in [3.63, 3.8) is 0 Å². The van der Waals surface area contributed by atoms with Crippen LogP contribution in [0.25, 0.3) is 0 Å². The molecule has 1 aliphatic carbocycles. The van der Waals surface area contributed by atoms with Crippen LogP contribution in [0.3, 0.4) is 0 Å². The highest BCUT2D eigenvalue weighted by molar-refractivity contribution is 6.62. The second-order valence-electron chi connectivity index (χ2n) is 8.17. The van der Waals surface area contributed by atoms with Gasteiger partial charge in [-0.05, 0) is 70.5 Å². The van der Waals surface area contributed by atoms with Crippen molar-refractivity contribution in [2.24, 2.45) is 5.92 Å². The third kappa shape index (κ3) is 2.19. The SMILES string of the molecule is CC1(C)OB(c2ccc(N3C[C@H]4CC[C@@H]3C4)cc2)OC1(C)C. The Bertz CT molecular complexity index is 553. The number of hydrogen-bond donors (Lipinski definition) is 0. The molecule has 3 aliphatic rings. The molecule has 4 heteroatoms. The van der Waals surface area contributed by atoms with Gasteiger partial charge in [0.1, 0.15) is 0 Å². The van der Waals surface area contributed by atoms with E-state index in [1.807, 2.05) is 0 Å². The summed E-state index contributed by atoms with van der Waals surface area (Å²) in [5.74, 6) is 0.924. The molecule has 0 radical (unpaired) electrons. The van der Waals surface area contributed by atoms with Crippen LogP contribution >= 0.6 is 0 Å². The number of anilines is 1. The van der Waals surface area contributed by atoms with Crippen LogP contribution in [-0.4, -0.2) is 30.9 Å². The van der Waals surface area contributed by atoms with E-state index in [1.54, 1.807) is 0 Å². The van der Waals surface area contributed by atoms with Crippen LogP contribution in [0.15, 0.2) is 24.3 Å². The normalized spacial score (nSPS) is 32.0. The number of hydrogen-bond acceptors (Lipinski definition) is 3. The van der Waals surface area contributed by atoms with E-state index in [9.17, 15) is 0 Å². The van der Waals surface area contributed by atoms with Crippen molar-refractivity contribution in [1.29, 1.82) is 0 Å². The van der Waals surface area contributed by atoms with E-state index in [4.69, 9.17) is 9.31 Å². The molecule has 0 aromatic heterocycles. The number of fused-ring (bicyclic) bond motifs is 2. The summed E-state index contributed by atoms with van der Waals surface area (Å²) in [6.45, 7) is 9.63. The second kappa shape index (κ2) is 4.75. The van der Waals surface area contributed by atoms with Crippen LogP contribution in [0, 0.1) is 5.92 Å². The Morgan fingerprint density at radius 1 is 1.00 bits per heavy atom. The van der Waals surface area contributed by atoms with Crippen molar-refractivity contribution in [3.8, 4) is 0 Å². The molecule has 0 amide bonds. The van der Waals surface area contributed by atoms with Gasteiger partial charge in [0.05, 0.1) is 11.2 Å². The van der Waals surface area contributed by atoms with Crippen molar-refractivity contribution < 1.29 is 9.31 Å². The summed E-state index contributed by atoms with van der Waals surface area (Å²) < 4.78 is 12.3. The maximum atomic E-state index is 6.13. The molecular formula is C18H26BNO2. The largest absolute Gasteiger partial charge is 0.494 e. The predicted molar refractivity (Wildman–Crippen MR) is 90.6 cm³/mol. The van der Waals surface area contributed by atoms with Gasteiger partial charge in [-0.25, -0.2) is 0 Å². The third-order valence-electron chi connectivity index (χ3n) is 6.16. The van der Waals surface area contributed by atoms with Gasteiger partial charge in [0.25, 0.3) is 0 Å². The van der Waals surface area contributed by atoms with Crippen LogP contribution in [-0.2, 0) is 9.31 Å². The number of piperidine rings is 1. The molecule has 1 aromatic rings. The zero-order chi connectivity index (χ0) is 15.5. The minimum Gasteiger partial charge on any atom is -0.399 e. The van der Waals surface area contributed by atoms with Gasteiger partial charge in [-0.2, -0.15) is 0 Å². The Kier molecular flexibility index (Phi) is 3.15. The van der Waals surface area contributed by atoms with E-state index in [0.717, 1.165) is 17.4 Å². The van der Waals surface area contributed by atoms with E-state index >= 15 is 0 Å². The molecule has 4 rings (SSSR count). The van der Waals surface area contributed by atoms with Gasteiger partial charge < -0.3 is 14.2 Å². The van der Waals surface area contributed by atoms with Gasteiger partial charge in [-0.3, -0.25) is 0 Å². The van der Waals surface area contributed by atoms with Gasteiger partial charge in [-0.1, -0.05) is 12.1 Å². The molecule has 2 aliphatic heterocycles. The molecular weight excluding hydrogens is 273 g/mol. The number of benzene rings is 1. The Morgan fingerprint density at radius 2 is 1.64 bits per heavy atom. The molecule has 2 atom stereocenters. The minimum absolute atomic E-state index is 0.255. The standard InChI is InChI=1S/C18H26BNO2/c1-17(2)18(3,4)22-19(21-17)14-6-9-15(10-7-14)20-12-13-5-8-16(20)11-13/h6-7,9-10,13,16H,5,8,11-12H2,1-4H3/t13-,16+/m0/s1. The summed E-state index contributed by atoms with van der Waals surface area (Å²) in [5, 5.41) is 0. The lowest BCUT2D eigenvalue weighted by Crippen LogP contribution is -2.41. The molecule has 0 N–H and O–H groups in total. The molecule has 1 saturated carbocycles. The molecule has 2 heterocycles. The molecule has 118 valence electrons. The van der Waals surface area contributed by atoms with Crippen molar-refractivity contribution in [2.45, 2.75) is 64.2 Å². The Morgan fingerprint density at radius 3 is 2.14 bits per heavy atom. The van der Waals surface area contributed by atoms with Crippen LogP contribution < -0.4 is 10.4 Å². The number of rotatable bonds is 2. The maximum absolute atomic E-state index is 6.13. The van der Waals surface area contributed by atoms with Crippen molar-refractivity contribution in [3.05, 3.63) is 24.3 Å². The topological polar surface area (TPSA) is 21.7 Å². The fourth-order valence-corrected chi connectivity index (χ4v) is 4.04. The molecule has 0 spiro atoms. The first-order valence-electron chi connectivity index (χ1n) is 8.58.